The Hall–Kier alpha value is -6.59. The molecule has 0 saturated heterocycles. The van der Waals surface area contributed by atoms with Gasteiger partial charge in [-0.25, -0.2) is 9.97 Å². The van der Waals surface area contributed by atoms with Crippen molar-refractivity contribution in [2.75, 3.05) is 0 Å². The van der Waals surface area contributed by atoms with Gasteiger partial charge in [-0.05, 0) is 29.7 Å². The van der Waals surface area contributed by atoms with Crippen LogP contribution in [0.5, 0.6) is 0 Å². The van der Waals surface area contributed by atoms with Crippen molar-refractivity contribution in [1.29, 1.82) is 0 Å². The number of carbonyl (C=O) groups excluding carboxylic acids is 1. The number of benzene rings is 7. The van der Waals surface area contributed by atoms with Crippen LogP contribution in [-0.4, -0.2) is 24.7 Å². The third kappa shape index (κ3) is 2.79. The maximum Gasteiger partial charge on any atom is 0.235 e. The molecule has 0 atom stereocenters. The van der Waals surface area contributed by atoms with Crippen LogP contribution in [0, 0.1) is 0 Å². The monoisotopic (exact) mass is 610 g/mol. The van der Waals surface area contributed by atoms with E-state index in [0.29, 0.717) is 17.1 Å². The van der Waals surface area contributed by atoms with E-state index in [-0.39, 0.29) is 5.78 Å². The Labute approximate surface area is 272 Å². The van der Waals surface area contributed by atoms with E-state index in [2.05, 4.69) is 100.0 Å². The van der Waals surface area contributed by atoms with Gasteiger partial charge in [-0.15, -0.1) is 0 Å². The fourth-order valence-corrected chi connectivity index (χ4v) is 8.65. The van der Waals surface area contributed by atoms with Gasteiger partial charge in [-0.3, -0.25) is 9.36 Å². The Kier molecular flexibility index (Phi) is 4.31. The SMILES string of the molecule is O=C1c2ccccc2-c2nc(-n3c4ccccc4c4cc5c6ccccc6n6c7c8ccccc8ccc7c(c43)c56)nc3cccc1c23. The molecule has 12 rings (SSSR count). The van der Waals surface area contributed by atoms with E-state index < -0.39 is 0 Å². The Morgan fingerprint density at radius 3 is 2.02 bits per heavy atom. The highest BCUT2D eigenvalue weighted by Crippen LogP contribution is 2.48. The number of aromatic nitrogens is 4. The molecule has 48 heavy (non-hydrogen) atoms. The maximum absolute atomic E-state index is 13.6. The smallest absolute Gasteiger partial charge is 0.235 e. The molecule has 4 aromatic heterocycles. The van der Waals surface area contributed by atoms with E-state index in [9.17, 15) is 4.79 Å². The first-order chi connectivity index (χ1) is 23.8. The third-order valence-corrected chi connectivity index (χ3v) is 10.6. The topological polar surface area (TPSA) is 52.2 Å². The van der Waals surface area contributed by atoms with Gasteiger partial charge in [0.1, 0.15) is 0 Å². The van der Waals surface area contributed by atoms with Crippen LogP contribution >= 0.6 is 0 Å². The van der Waals surface area contributed by atoms with Gasteiger partial charge in [-0.2, -0.15) is 0 Å². The quantitative estimate of drug-likeness (QED) is 0.186. The molecule has 0 saturated carbocycles. The van der Waals surface area contributed by atoms with Crippen LogP contribution in [-0.2, 0) is 0 Å². The first-order valence-corrected chi connectivity index (χ1v) is 16.2. The fourth-order valence-electron chi connectivity index (χ4n) is 8.65. The number of fused-ring (bicyclic) bond motifs is 14. The summed E-state index contributed by atoms with van der Waals surface area (Å²) in [4.78, 5) is 24.2. The van der Waals surface area contributed by atoms with Crippen LogP contribution in [0.15, 0.2) is 133 Å². The van der Waals surface area contributed by atoms with Crippen LogP contribution in [0.2, 0.25) is 0 Å². The molecule has 0 fully saturated rings. The minimum Gasteiger partial charge on any atom is -0.307 e. The number of rotatable bonds is 1. The minimum absolute atomic E-state index is 0.0177. The number of nitrogens with zero attached hydrogens (tertiary/aromatic N) is 4. The number of hydrogen-bond donors (Lipinski definition) is 0. The normalized spacial score (nSPS) is 13.0. The van der Waals surface area contributed by atoms with Gasteiger partial charge >= 0.3 is 0 Å². The highest BCUT2D eigenvalue weighted by molar-refractivity contribution is 6.36. The van der Waals surface area contributed by atoms with E-state index in [1.54, 1.807) is 0 Å². The molecule has 7 aromatic carbocycles. The Bertz CT molecular complexity index is 3250. The second kappa shape index (κ2) is 8.41. The van der Waals surface area contributed by atoms with E-state index in [1.807, 2.05) is 42.5 Å². The zero-order valence-electron chi connectivity index (χ0n) is 25.4. The molecule has 0 bridgehead atoms. The van der Waals surface area contributed by atoms with E-state index >= 15 is 0 Å². The van der Waals surface area contributed by atoms with Crippen molar-refractivity contribution in [2.24, 2.45) is 0 Å². The van der Waals surface area contributed by atoms with Crippen molar-refractivity contribution in [2.45, 2.75) is 0 Å². The zero-order valence-corrected chi connectivity index (χ0v) is 25.4. The molecular formula is C43H22N4O. The summed E-state index contributed by atoms with van der Waals surface area (Å²) in [7, 11) is 0. The summed E-state index contributed by atoms with van der Waals surface area (Å²) < 4.78 is 4.73. The van der Waals surface area contributed by atoms with E-state index in [4.69, 9.17) is 9.97 Å². The lowest BCUT2D eigenvalue weighted by Crippen LogP contribution is -2.13. The number of carbonyl (C=O) groups is 1. The summed E-state index contributed by atoms with van der Waals surface area (Å²) in [6, 6.07) is 46.5. The molecule has 0 amide bonds. The third-order valence-electron chi connectivity index (χ3n) is 10.6. The van der Waals surface area contributed by atoms with Crippen molar-refractivity contribution in [3.63, 3.8) is 0 Å². The van der Waals surface area contributed by atoms with E-state index in [0.717, 1.165) is 38.6 Å². The fraction of sp³-hybridized carbons (Fsp3) is 0. The molecule has 1 aliphatic carbocycles. The Balaban J connectivity index is 1.34. The molecule has 0 aliphatic heterocycles. The number of para-hydroxylation sites is 2. The van der Waals surface area contributed by atoms with Crippen LogP contribution in [0.1, 0.15) is 15.9 Å². The van der Waals surface area contributed by atoms with Gasteiger partial charge in [0, 0.05) is 59.8 Å². The van der Waals surface area contributed by atoms with E-state index in [1.165, 1.54) is 54.3 Å². The molecule has 0 radical (unpaired) electrons. The van der Waals surface area contributed by atoms with Crippen molar-refractivity contribution < 1.29 is 4.79 Å². The summed E-state index contributed by atoms with van der Waals surface area (Å²) >= 11 is 0. The standard InChI is InChI=1S/C43H22N4O/c48-42-28-15-4-3-14-27(28)38-36-30(42)16-9-17-33(36)44-43(45-38)47-35-19-8-6-13-26(35)32-22-31-25-12-5-7-18-34(25)46-39-24-11-2-1-10-23(24)20-21-29(39)37(40(31)46)41(32)47/h1-22H. The molecular weight excluding hydrogens is 589 g/mol. The predicted molar refractivity (Wildman–Crippen MR) is 195 cm³/mol. The van der Waals surface area contributed by atoms with Gasteiger partial charge in [0.25, 0.3) is 0 Å². The van der Waals surface area contributed by atoms with Gasteiger partial charge in [-0.1, -0.05) is 109 Å². The molecule has 0 N–H and O–H groups in total. The van der Waals surface area contributed by atoms with Gasteiger partial charge < -0.3 is 4.40 Å². The maximum atomic E-state index is 13.6. The summed E-state index contributed by atoms with van der Waals surface area (Å²) in [5.74, 6) is 0.613. The lowest BCUT2D eigenvalue weighted by molar-refractivity contribution is 0.104. The minimum atomic E-state index is 0.0177. The molecule has 5 heteroatoms. The summed E-state index contributed by atoms with van der Waals surface area (Å²) in [6.07, 6.45) is 0. The zero-order chi connectivity index (χ0) is 31.2. The Morgan fingerprint density at radius 1 is 0.458 bits per heavy atom. The first kappa shape index (κ1) is 24.6. The summed E-state index contributed by atoms with van der Waals surface area (Å²) in [5.41, 5.74) is 9.49. The lowest BCUT2D eigenvalue weighted by Gasteiger charge is -2.19. The van der Waals surface area contributed by atoms with Gasteiger partial charge in [0.2, 0.25) is 5.95 Å². The number of hydrogen-bond acceptors (Lipinski definition) is 3. The average Bonchev–Trinajstić information content (AvgIpc) is 3.78. The second-order valence-corrected chi connectivity index (χ2v) is 12.9. The van der Waals surface area contributed by atoms with Crippen LogP contribution in [0.4, 0.5) is 0 Å². The highest BCUT2D eigenvalue weighted by Gasteiger charge is 2.29. The molecule has 0 unspecified atom stereocenters. The average molecular weight is 611 g/mol. The summed E-state index contributed by atoms with van der Waals surface area (Å²) in [6.45, 7) is 0. The predicted octanol–water partition coefficient (Wildman–Crippen LogP) is 10.2. The van der Waals surface area contributed by atoms with Crippen molar-refractivity contribution in [3.05, 3.63) is 145 Å². The van der Waals surface area contributed by atoms with Crippen molar-refractivity contribution in [3.8, 4) is 17.2 Å². The molecule has 220 valence electrons. The molecule has 11 aromatic rings. The van der Waals surface area contributed by atoms with Gasteiger partial charge in [0.15, 0.2) is 5.78 Å². The summed E-state index contributed by atoms with van der Waals surface area (Å²) in [5, 5.41) is 10.4. The van der Waals surface area contributed by atoms with Crippen LogP contribution < -0.4 is 0 Å². The Morgan fingerprint density at radius 2 is 1.15 bits per heavy atom. The van der Waals surface area contributed by atoms with Crippen molar-refractivity contribution in [1.82, 2.24) is 18.9 Å². The lowest BCUT2D eigenvalue weighted by atomic mass is 9.87. The molecule has 5 nitrogen and oxygen atoms in total. The van der Waals surface area contributed by atoms with Crippen molar-refractivity contribution >= 4 is 87.4 Å². The molecule has 1 aliphatic rings. The van der Waals surface area contributed by atoms with Crippen LogP contribution in [0.25, 0.3) is 98.8 Å². The van der Waals surface area contributed by atoms with Gasteiger partial charge in [0.05, 0.1) is 38.8 Å². The second-order valence-electron chi connectivity index (χ2n) is 12.9. The van der Waals surface area contributed by atoms with Crippen LogP contribution in [0.3, 0.4) is 0 Å². The first-order valence-electron chi connectivity index (χ1n) is 16.2. The largest absolute Gasteiger partial charge is 0.307 e. The molecule has 4 heterocycles. The molecule has 0 spiro atoms. The highest BCUT2D eigenvalue weighted by atomic mass is 16.1. The number of ketones is 1.